The molecule has 30 heavy (non-hydrogen) atoms. The van der Waals surface area contributed by atoms with Gasteiger partial charge in [0.1, 0.15) is 0 Å². The summed E-state index contributed by atoms with van der Waals surface area (Å²) in [6.07, 6.45) is 0. The van der Waals surface area contributed by atoms with Crippen LogP contribution in [0.1, 0.15) is 18.1 Å². The Bertz CT molecular complexity index is 993. The van der Waals surface area contributed by atoms with Crippen LogP contribution >= 0.6 is 11.8 Å². The van der Waals surface area contributed by atoms with Gasteiger partial charge in [0, 0.05) is 37.4 Å². The lowest BCUT2D eigenvalue weighted by Crippen LogP contribution is -2.50. The number of benzene rings is 2. The molecule has 0 bridgehead atoms. The number of hydrogen-bond acceptors (Lipinski definition) is 6. The Kier molecular flexibility index (Phi) is 6.08. The van der Waals surface area contributed by atoms with Crippen molar-refractivity contribution in [1.82, 2.24) is 15.1 Å². The number of hydrogen-bond donors (Lipinski definition) is 0. The summed E-state index contributed by atoms with van der Waals surface area (Å²) in [5.41, 5.74) is 4.41. The molecule has 1 fully saturated rings. The van der Waals surface area contributed by atoms with E-state index in [1.54, 1.807) is 0 Å². The van der Waals surface area contributed by atoms with Gasteiger partial charge in [-0.3, -0.25) is 4.79 Å². The van der Waals surface area contributed by atoms with E-state index < -0.39 is 0 Å². The van der Waals surface area contributed by atoms with E-state index in [-0.39, 0.29) is 11.2 Å². The Balaban J connectivity index is 1.35. The number of carbonyl (C=O) groups excluding carboxylic acids is 1. The molecule has 0 unspecified atom stereocenters. The molecule has 1 aliphatic rings. The van der Waals surface area contributed by atoms with Gasteiger partial charge < -0.3 is 14.2 Å². The van der Waals surface area contributed by atoms with E-state index in [9.17, 15) is 4.79 Å². The zero-order valence-electron chi connectivity index (χ0n) is 17.5. The van der Waals surface area contributed by atoms with Crippen molar-refractivity contribution < 1.29 is 9.21 Å². The second-order valence-corrected chi connectivity index (χ2v) is 8.95. The van der Waals surface area contributed by atoms with E-state index in [1.807, 2.05) is 56.0 Å². The maximum atomic E-state index is 12.9. The highest BCUT2D eigenvalue weighted by molar-refractivity contribution is 8.00. The first kappa shape index (κ1) is 20.5. The Morgan fingerprint density at radius 1 is 1.00 bits per heavy atom. The van der Waals surface area contributed by atoms with Gasteiger partial charge in [-0.05, 0) is 45.0 Å². The molecule has 2 heterocycles. The molecule has 0 radical (unpaired) electrons. The highest BCUT2D eigenvalue weighted by Crippen LogP contribution is 2.28. The maximum absolute atomic E-state index is 12.9. The van der Waals surface area contributed by atoms with Gasteiger partial charge in [0.15, 0.2) is 0 Å². The topological polar surface area (TPSA) is 62.5 Å². The third-order valence-corrected chi connectivity index (χ3v) is 6.13. The van der Waals surface area contributed by atoms with Gasteiger partial charge >= 0.3 is 0 Å². The molecule has 1 atom stereocenters. The van der Waals surface area contributed by atoms with E-state index in [4.69, 9.17) is 4.42 Å². The SMILES string of the molecule is Cc1cc(C)cc(-c2nnc(S[C@H](C)C(=O)N3CCN(c4ccccc4)CC3)o2)c1. The molecule has 0 aliphatic carbocycles. The van der Waals surface area contributed by atoms with Crippen LogP contribution in [0.15, 0.2) is 58.2 Å². The van der Waals surface area contributed by atoms with Crippen molar-refractivity contribution in [1.29, 1.82) is 0 Å². The molecular weight excluding hydrogens is 396 g/mol. The smallest absolute Gasteiger partial charge is 0.277 e. The van der Waals surface area contributed by atoms with Crippen molar-refractivity contribution in [3.05, 3.63) is 59.7 Å². The van der Waals surface area contributed by atoms with Crippen molar-refractivity contribution >= 4 is 23.4 Å². The zero-order valence-corrected chi connectivity index (χ0v) is 18.4. The van der Waals surface area contributed by atoms with Crippen molar-refractivity contribution in [3.8, 4) is 11.5 Å². The summed E-state index contributed by atoms with van der Waals surface area (Å²) in [6.45, 7) is 9.10. The van der Waals surface area contributed by atoms with Crippen molar-refractivity contribution in [2.45, 2.75) is 31.2 Å². The van der Waals surface area contributed by atoms with Crippen LogP contribution in [-0.4, -0.2) is 52.4 Å². The lowest BCUT2D eigenvalue weighted by atomic mass is 10.1. The molecule has 3 aromatic rings. The van der Waals surface area contributed by atoms with Crippen molar-refractivity contribution in [3.63, 3.8) is 0 Å². The summed E-state index contributed by atoms with van der Waals surface area (Å²) in [6, 6.07) is 16.5. The number of para-hydroxylation sites is 1. The maximum Gasteiger partial charge on any atom is 0.277 e. The molecule has 0 spiro atoms. The normalized spacial score (nSPS) is 15.3. The molecule has 156 valence electrons. The second-order valence-electron chi connectivity index (χ2n) is 7.66. The average molecular weight is 423 g/mol. The van der Waals surface area contributed by atoms with Gasteiger partial charge in [-0.25, -0.2) is 0 Å². The van der Waals surface area contributed by atoms with Crippen LogP contribution < -0.4 is 4.90 Å². The van der Waals surface area contributed by atoms with E-state index in [1.165, 1.54) is 17.4 Å². The number of nitrogens with zero attached hydrogens (tertiary/aromatic N) is 4. The minimum absolute atomic E-state index is 0.110. The zero-order chi connectivity index (χ0) is 21.1. The average Bonchev–Trinajstić information content (AvgIpc) is 3.22. The predicted molar refractivity (Wildman–Crippen MR) is 120 cm³/mol. The monoisotopic (exact) mass is 422 g/mol. The van der Waals surface area contributed by atoms with Crippen LogP contribution in [0.2, 0.25) is 0 Å². The number of thioether (sulfide) groups is 1. The number of aryl methyl sites for hydroxylation is 2. The molecule has 2 aromatic carbocycles. The first-order chi connectivity index (χ1) is 14.5. The largest absolute Gasteiger partial charge is 0.411 e. The van der Waals surface area contributed by atoms with E-state index in [0.29, 0.717) is 11.1 Å². The van der Waals surface area contributed by atoms with Crippen LogP contribution in [0.3, 0.4) is 0 Å². The molecule has 1 aliphatic heterocycles. The van der Waals surface area contributed by atoms with Crippen LogP contribution in [0.4, 0.5) is 5.69 Å². The number of carbonyl (C=O) groups is 1. The van der Waals surface area contributed by atoms with Crippen LogP contribution in [0.25, 0.3) is 11.5 Å². The third kappa shape index (κ3) is 4.67. The van der Waals surface area contributed by atoms with Gasteiger partial charge in [-0.2, -0.15) is 0 Å². The standard InChI is InChI=1S/C23H26N4O2S/c1-16-13-17(2)15-19(14-16)21-24-25-23(29-21)30-18(3)22(28)27-11-9-26(10-12-27)20-7-5-4-6-8-20/h4-8,13-15,18H,9-12H2,1-3H3/t18-/m1/s1. The third-order valence-electron chi connectivity index (χ3n) is 5.21. The Hall–Kier alpha value is -2.80. The van der Waals surface area contributed by atoms with Gasteiger partial charge in [0.2, 0.25) is 11.8 Å². The van der Waals surface area contributed by atoms with Crippen LogP contribution in [0, 0.1) is 13.8 Å². The van der Waals surface area contributed by atoms with E-state index in [0.717, 1.165) is 42.9 Å². The summed E-state index contributed by atoms with van der Waals surface area (Å²) in [5, 5.41) is 8.45. The number of anilines is 1. The summed E-state index contributed by atoms with van der Waals surface area (Å²) < 4.78 is 5.82. The molecule has 0 saturated carbocycles. The van der Waals surface area contributed by atoms with Crippen molar-refractivity contribution in [2.75, 3.05) is 31.1 Å². The van der Waals surface area contributed by atoms with Crippen LogP contribution in [0.5, 0.6) is 0 Å². The number of rotatable bonds is 5. The first-order valence-corrected chi connectivity index (χ1v) is 11.0. The summed E-state index contributed by atoms with van der Waals surface area (Å²) in [5.74, 6) is 0.597. The first-order valence-electron chi connectivity index (χ1n) is 10.2. The predicted octanol–water partition coefficient (Wildman–Crippen LogP) is 4.18. The fraction of sp³-hybridized carbons (Fsp3) is 0.348. The molecule has 4 rings (SSSR count). The van der Waals surface area contributed by atoms with Gasteiger partial charge in [0.05, 0.1) is 5.25 Å². The Morgan fingerprint density at radius 2 is 1.67 bits per heavy atom. The lowest BCUT2D eigenvalue weighted by Gasteiger charge is -2.37. The lowest BCUT2D eigenvalue weighted by molar-refractivity contribution is -0.130. The number of amides is 1. The van der Waals surface area contributed by atoms with Gasteiger partial charge in [-0.15, -0.1) is 10.2 Å². The summed E-state index contributed by atoms with van der Waals surface area (Å²) in [4.78, 5) is 17.2. The molecule has 1 saturated heterocycles. The minimum atomic E-state index is -0.277. The Morgan fingerprint density at radius 3 is 2.33 bits per heavy atom. The van der Waals surface area contributed by atoms with Gasteiger partial charge in [-0.1, -0.05) is 47.2 Å². The van der Waals surface area contributed by atoms with E-state index in [2.05, 4.69) is 33.3 Å². The molecule has 7 heteroatoms. The van der Waals surface area contributed by atoms with Crippen LogP contribution in [-0.2, 0) is 4.79 Å². The summed E-state index contributed by atoms with van der Waals surface area (Å²) >= 11 is 1.32. The molecule has 1 aromatic heterocycles. The highest BCUT2D eigenvalue weighted by atomic mass is 32.2. The molecular formula is C23H26N4O2S. The second kappa shape index (κ2) is 8.92. The van der Waals surface area contributed by atoms with Crippen molar-refractivity contribution in [2.24, 2.45) is 0 Å². The minimum Gasteiger partial charge on any atom is -0.411 e. The van der Waals surface area contributed by atoms with Gasteiger partial charge in [0.25, 0.3) is 5.22 Å². The highest BCUT2D eigenvalue weighted by Gasteiger charge is 2.27. The fourth-order valence-corrected chi connectivity index (χ4v) is 4.52. The molecule has 1 amide bonds. The molecule has 0 N–H and O–H groups in total. The number of aromatic nitrogens is 2. The number of piperazine rings is 1. The quantitative estimate of drug-likeness (QED) is 0.575. The fourth-order valence-electron chi connectivity index (χ4n) is 3.75. The van der Waals surface area contributed by atoms with E-state index >= 15 is 0 Å². The molecule has 6 nitrogen and oxygen atoms in total. The summed E-state index contributed by atoms with van der Waals surface area (Å²) in [7, 11) is 0. The Labute approximate surface area is 181 Å².